The first-order valence-electron chi connectivity index (χ1n) is 14.0. The number of nitrogens with zero attached hydrogens (tertiary/aromatic N) is 2. The summed E-state index contributed by atoms with van der Waals surface area (Å²) in [7, 11) is 0. The van der Waals surface area contributed by atoms with Gasteiger partial charge in [-0.2, -0.15) is 36.3 Å². The third-order valence-corrected chi connectivity index (χ3v) is 8.55. The van der Waals surface area contributed by atoms with Crippen LogP contribution in [0.1, 0.15) is 33.4 Å². The van der Waals surface area contributed by atoms with Crippen LogP contribution in [0, 0.1) is 0 Å². The van der Waals surface area contributed by atoms with Crippen molar-refractivity contribution < 1.29 is 44.7 Å². The second kappa shape index (κ2) is 9.50. The van der Waals surface area contributed by atoms with Gasteiger partial charge in [-0.3, -0.25) is 0 Å². The standard InChI is InChI=1S/C33H20F6N2O4/c34-32(35,36)31(33(37,38)39,21-7-11-27-25(15-21)40-29(44-27)42-23-9-5-17-1-3-19(17)13-23)22-8-12-28-26(16-22)41-30(45-28)43-24-10-6-18-2-4-20(18)14-24/h5-16H,1-4H2. The lowest BCUT2D eigenvalue weighted by molar-refractivity contribution is -0.288. The number of halogens is 6. The molecule has 6 nitrogen and oxygen atoms in total. The normalized spacial score (nSPS) is 14.5. The molecule has 0 saturated carbocycles. The van der Waals surface area contributed by atoms with Crippen LogP contribution in [0.5, 0.6) is 23.7 Å². The van der Waals surface area contributed by atoms with Crippen molar-refractivity contribution in [3.8, 4) is 23.7 Å². The first-order valence-corrected chi connectivity index (χ1v) is 14.0. The van der Waals surface area contributed by atoms with Crippen LogP contribution in [0.25, 0.3) is 22.2 Å². The maximum Gasteiger partial charge on any atom is 0.411 e. The predicted molar refractivity (Wildman–Crippen MR) is 149 cm³/mol. The SMILES string of the molecule is FC(F)(F)C(c1ccc2oc(Oc3ccc4c(c3)CC4)nc2c1)(c1ccc2oc(Oc3ccc4c(c3)CC4)nc2c1)C(F)(F)F. The minimum atomic E-state index is -5.82. The van der Waals surface area contributed by atoms with E-state index < -0.39 is 28.9 Å². The van der Waals surface area contributed by atoms with E-state index in [1.165, 1.54) is 11.1 Å². The Balaban J connectivity index is 1.19. The molecule has 0 saturated heterocycles. The van der Waals surface area contributed by atoms with Crippen molar-refractivity contribution >= 4 is 22.2 Å². The molecule has 12 heteroatoms. The largest absolute Gasteiger partial charge is 0.411 e. The molecule has 228 valence electrons. The zero-order chi connectivity index (χ0) is 31.1. The number of alkyl halides is 6. The van der Waals surface area contributed by atoms with Crippen LogP contribution in [0.4, 0.5) is 26.3 Å². The molecule has 2 aliphatic carbocycles. The highest BCUT2D eigenvalue weighted by atomic mass is 19.4. The fourth-order valence-corrected chi connectivity index (χ4v) is 6.02. The van der Waals surface area contributed by atoms with E-state index in [2.05, 4.69) is 9.97 Å². The smallest absolute Gasteiger partial charge is 0.411 e. The van der Waals surface area contributed by atoms with Gasteiger partial charge in [0, 0.05) is 0 Å². The van der Waals surface area contributed by atoms with Crippen LogP contribution >= 0.6 is 0 Å². The molecule has 0 spiro atoms. The summed E-state index contributed by atoms with van der Waals surface area (Å²) in [5.74, 6) is 0.787. The molecule has 0 radical (unpaired) electrons. The van der Waals surface area contributed by atoms with E-state index in [0.717, 1.165) is 73.2 Å². The topological polar surface area (TPSA) is 70.5 Å². The zero-order valence-corrected chi connectivity index (χ0v) is 23.1. The van der Waals surface area contributed by atoms with Crippen LogP contribution in [-0.2, 0) is 31.1 Å². The monoisotopic (exact) mass is 622 g/mol. The fraction of sp³-hybridized carbons (Fsp3) is 0.212. The maximum atomic E-state index is 14.9. The van der Waals surface area contributed by atoms with Gasteiger partial charge in [0.05, 0.1) is 0 Å². The minimum absolute atomic E-state index is 0.0412. The van der Waals surface area contributed by atoms with Gasteiger partial charge in [-0.15, -0.1) is 0 Å². The Labute approximate surface area is 250 Å². The summed E-state index contributed by atoms with van der Waals surface area (Å²) in [6.07, 6.45) is -8.60. The molecule has 2 aromatic heterocycles. The Morgan fingerprint density at radius 2 is 0.933 bits per heavy atom. The molecule has 0 aliphatic heterocycles. The fourth-order valence-electron chi connectivity index (χ4n) is 6.02. The van der Waals surface area contributed by atoms with E-state index in [1.54, 1.807) is 24.3 Å². The Hall–Kier alpha value is -5.00. The van der Waals surface area contributed by atoms with Crippen LogP contribution in [0.2, 0.25) is 0 Å². The summed E-state index contributed by atoms with van der Waals surface area (Å²) < 4.78 is 112. The number of benzene rings is 4. The number of aromatic nitrogens is 2. The van der Waals surface area contributed by atoms with Crippen LogP contribution in [0.3, 0.4) is 0 Å². The Morgan fingerprint density at radius 3 is 1.29 bits per heavy atom. The van der Waals surface area contributed by atoms with Gasteiger partial charge in [0.1, 0.15) is 22.5 Å². The van der Waals surface area contributed by atoms with Crippen molar-refractivity contribution in [1.29, 1.82) is 0 Å². The molecule has 0 atom stereocenters. The molecule has 6 aromatic rings. The van der Waals surface area contributed by atoms with E-state index in [9.17, 15) is 26.3 Å². The van der Waals surface area contributed by atoms with Crippen LogP contribution in [-0.4, -0.2) is 22.3 Å². The maximum absolute atomic E-state index is 14.9. The molecule has 2 aliphatic rings. The zero-order valence-electron chi connectivity index (χ0n) is 23.1. The van der Waals surface area contributed by atoms with Crippen LogP contribution in [0.15, 0.2) is 81.6 Å². The van der Waals surface area contributed by atoms with E-state index in [0.29, 0.717) is 11.5 Å². The van der Waals surface area contributed by atoms with Gasteiger partial charge in [0.2, 0.25) is 5.41 Å². The third kappa shape index (κ3) is 4.33. The summed E-state index contributed by atoms with van der Waals surface area (Å²) in [5.41, 5.74) is -2.67. The van der Waals surface area contributed by atoms with Gasteiger partial charge in [0.25, 0.3) is 0 Å². The summed E-state index contributed by atoms with van der Waals surface area (Å²) in [6.45, 7) is 0. The first-order chi connectivity index (χ1) is 21.5. The second-order valence-corrected chi connectivity index (χ2v) is 11.1. The summed E-state index contributed by atoms with van der Waals surface area (Å²) in [5, 5.41) is 0. The first kappa shape index (κ1) is 27.5. The van der Waals surface area contributed by atoms with Gasteiger partial charge < -0.3 is 18.3 Å². The lowest BCUT2D eigenvalue weighted by Crippen LogP contribution is -2.54. The van der Waals surface area contributed by atoms with Gasteiger partial charge in [-0.1, -0.05) is 24.3 Å². The van der Waals surface area contributed by atoms with E-state index in [-0.39, 0.29) is 34.4 Å². The third-order valence-electron chi connectivity index (χ3n) is 8.55. The van der Waals surface area contributed by atoms with E-state index in [4.69, 9.17) is 18.3 Å². The van der Waals surface area contributed by atoms with Crippen molar-refractivity contribution in [2.75, 3.05) is 0 Å². The number of oxazole rings is 2. The Morgan fingerprint density at radius 1 is 0.511 bits per heavy atom. The lowest BCUT2D eigenvalue weighted by atomic mass is 9.72. The second-order valence-electron chi connectivity index (χ2n) is 11.1. The number of hydrogen-bond acceptors (Lipinski definition) is 6. The number of aryl methyl sites for hydroxylation is 4. The molecular weight excluding hydrogens is 602 g/mol. The highest BCUT2D eigenvalue weighted by Crippen LogP contribution is 2.57. The van der Waals surface area contributed by atoms with Crippen molar-refractivity contribution in [1.82, 2.24) is 9.97 Å². The molecule has 0 bridgehead atoms. The number of hydrogen-bond donors (Lipinski definition) is 0. The predicted octanol–water partition coefficient (Wildman–Crippen LogP) is 9.16. The molecule has 0 amide bonds. The average molecular weight is 623 g/mol. The molecular formula is C33H20F6N2O4. The van der Waals surface area contributed by atoms with Gasteiger partial charge in [-0.25, -0.2) is 0 Å². The molecule has 0 N–H and O–H groups in total. The highest BCUT2D eigenvalue weighted by Gasteiger charge is 2.72. The minimum Gasteiger partial charge on any atom is -0.411 e. The van der Waals surface area contributed by atoms with Crippen molar-refractivity contribution in [2.24, 2.45) is 0 Å². The molecule has 8 rings (SSSR count). The Kier molecular flexibility index (Phi) is 5.81. The Bertz CT molecular complexity index is 1980. The van der Waals surface area contributed by atoms with Crippen molar-refractivity contribution in [3.05, 3.63) is 106 Å². The summed E-state index contributed by atoms with van der Waals surface area (Å²) >= 11 is 0. The molecule has 0 unspecified atom stereocenters. The highest BCUT2D eigenvalue weighted by molar-refractivity contribution is 5.77. The average Bonchev–Trinajstić information content (AvgIpc) is 3.53. The lowest BCUT2D eigenvalue weighted by Gasteiger charge is -2.38. The van der Waals surface area contributed by atoms with E-state index >= 15 is 0 Å². The summed E-state index contributed by atoms with van der Waals surface area (Å²) in [4.78, 5) is 8.10. The van der Waals surface area contributed by atoms with Gasteiger partial charge in [-0.05, 0) is 108 Å². The quantitative estimate of drug-likeness (QED) is 0.173. The number of ether oxygens (including phenoxy) is 2. The molecule has 45 heavy (non-hydrogen) atoms. The molecule has 2 heterocycles. The number of rotatable bonds is 6. The summed E-state index contributed by atoms with van der Waals surface area (Å²) in [6, 6.07) is 15.7. The van der Waals surface area contributed by atoms with Gasteiger partial charge >= 0.3 is 24.5 Å². The molecule has 4 aromatic carbocycles. The molecule has 0 fully saturated rings. The van der Waals surface area contributed by atoms with E-state index in [1.807, 2.05) is 12.1 Å². The number of fused-ring (bicyclic) bond motifs is 4. The van der Waals surface area contributed by atoms with Crippen LogP contribution < -0.4 is 9.47 Å². The van der Waals surface area contributed by atoms with Crippen molar-refractivity contribution in [3.63, 3.8) is 0 Å². The van der Waals surface area contributed by atoms with Crippen molar-refractivity contribution in [2.45, 2.75) is 43.5 Å². The van der Waals surface area contributed by atoms with Gasteiger partial charge in [0.15, 0.2) is 11.2 Å².